The zero-order chi connectivity index (χ0) is 28.6. The zero-order valence-electron chi connectivity index (χ0n) is 22.9. The van der Waals surface area contributed by atoms with Crippen LogP contribution in [0.15, 0.2) is 22.8 Å². The van der Waals surface area contributed by atoms with E-state index in [1.54, 1.807) is 4.90 Å². The maximum absolute atomic E-state index is 13.9. The molecule has 5 rings (SSSR count). The zero-order valence-corrected chi connectivity index (χ0v) is 24.5. The smallest absolute Gasteiger partial charge is 0.269 e. The fraction of sp³-hybridized carbons (Fsp3) is 0.552. The molecule has 0 radical (unpaired) electrons. The lowest BCUT2D eigenvalue weighted by molar-refractivity contribution is -0.139. The highest BCUT2D eigenvalue weighted by Gasteiger charge is 2.66. The van der Waals surface area contributed by atoms with Gasteiger partial charge in [0.15, 0.2) is 11.6 Å². The van der Waals surface area contributed by atoms with Crippen LogP contribution in [0.2, 0.25) is 0 Å². The van der Waals surface area contributed by atoms with Gasteiger partial charge in [-0.3, -0.25) is 24.0 Å². The fourth-order valence-corrected chi connectivity index (χ4v) is 6.51. The van der Waals surface area contributed by atoms with Crippen LogP contribution in [0.4, 0.5) is 0 Å². The molecule has 4 heterocycles. The van der Waals surface area contributed by atoms with Gasteiger partial charge in [-0.15, -0.1) is 0 Å². The third-order valence-corrected chi connectivity index (χ3v) is 9.01. The number of hydrogen-bond donors (Lipinski definition) is 1. The molecule has 1 saturated heterocycles. The number of nitrogens with one attached hydrogen (secondary N) is 1. The van der Waals surface area contributed by atoms with Gasteiger partial charge in [-0.25, -0.2) is 9.67 Å². The lowest BCUT2D eigenvalue weighted by atomic mass is 9.90. The molecule has 1 N–H and O–H groups in total. The molecular weight excluding hydrogens is 578 g/mol. The second-order valence-corrected chi connectivity index (χ2v) is 12.2. The summed E-state index contributed by atoms with van der Waals surface area (Å²) in [5, 5.41) is 7.11. The van der Waals surface area contributed by atoms with Gasteiger partial charge in [0.1, 0.15) is 28.3 Å². The Morgan fingerprint density at radius 1 is 1.12 bits per heavy atom. The van der Waals surface area contributed by atoms with Crippen molar-refractivity contribution in [1.29, 1.82) is 0 Å². The Hall–Kier alpha value is -3.21. The Morgan fingerprint density at radius 3 is 2.70 bits per heavy atom. The van der Waals surface area contributed by atoms with Gasteiger partial charge in [-0.05, 0) is 72.0 Å². The molecule has 212 valence electrons. The van der Waals surface area contributed by atoms with E-state index >= 15 is 0 Å². The quantitative estimate of drug-likeness (QED) is 0.414. The van der Waals surface area contributed by atoms with E-state index in [-0.39, 0.29) is 59.1 Å². The van der Waals surface area contributed by atoms with Crippen molar-refractivity contribution in [1.82, 2.24) is 25.0 Å². The molecule has 0 spiro atoms. The summed E-state index contributed by atoms with van der Waals surface area (Å²) in [6.45, 7) is 3.41. The summed E-state index contributed by atoms with van der Waals surface area (Å²) < 4.78 is 1.91. The fourth-order valence-electron chi connectivity index (χ4n) is 6.16. The summed E-state index contributed by atoms with van der Waals surface area (Å²) >= 11 is 3.37. The molecule has 40 heavy (non-hydrogen) atoms. The van der Waals surface area contributed by atoms with Crippen LogP contribution in [-0.4, -0.2) is 67.5 Å². The largest absolute Gasteiger partial charge is 0.351 e. The minimum Gasteiger partial charge on any atom is -0.351 e. The summed E-state index contributed by atoms with van der Waals surface area (Å²) in [5.74, 6) is -0.952. The number of piperidine rings is 1. The normalized spacial score (nSPS) is 25.6. The minimum absolute atomic E-state index is 0.0887. The lowest BCUT2D eigenvalue weighted by Crippen LogP contribution is -2.45. The van der Waals surface area contributed by atoms with E-state index in [0.717, 1.165) is 31.2 Å². The Labute approximate surface area is 241 Å². The van der Waals surface area contributed by atoms with Crippen molar-refractivity contribution in [2.24, 2.45) is 5.41 Å². The molecule has 1 saturated carbocycles. The second-order valence-electron chi connectivity index (χ2n) is 11.4. The molecule has 0 unspecified atom stereocenters. The number of aryl methyl sites for hydroxylation is 1. The molecule has 3 atom stereocenters. The van der Waals surface area contributed by atoms with E-state index in [1.807, 2.05) is 19.1 Å². The number of hydrogen-bond acceptors (Lipinski definition) is 7. The van der Waals surface area contributed by atoms with Crippen molar-refractivity contribution in [3.05, 3.63) is 45.4 Å². The molecule has 0 aromatic carbocycles. The first-order chi connectivity index (χ1) is 19.1. The van der Waals surface area contributed by atoms with Crippen LogP contribution < -0.4 is 5.32 Å². The molecule has 2 aromatic rings. The second kappa shape index (κ2) is 11.3. The monoisotopic (exact) mass is 611 g/mol. The minimum atomic E-state index is -0.652. The van der Waals surface area contributed by atoms with Gasteiger partial charge in [-0.1, -0.05) is 12.5 Å². The van der Waals surface area contributed by atoms with E-state index in [0.29, 0.717) is 42.5 Å². The number of amides is 2. The molecule has 10 nitrogen and oxygen atoms in total. The molecule has 2 aliphatic heterocycles. The molecule has 2 aromatic heterocycles. The topological polar surface area (TPSA) is 131 Å². The number of pyridine rings is 1. The van der Waals surface area contributed by atoms with Crippen LogP contribution in [0.1, 0.15) is 90.5 Å². The SMILES string of the molecule is CC(=O)c1cc2n(n1)CC(=O)N1[C@H](C(=O)Cc3nc(Br)ccc3C)C[C@@]3(CCC(=O)CCCCCNC2=O)C[C@@H]13. The van der Waals surface area contributed by atoms with Crippen LogP contribution in [0.5, 0.6) is 0 Å². The van der Waals surface area contributed by atoms with E-state index in [4.69, 9.17) is 0 Å². The maximum atomic E-state index is 13.9. The van der Waals surface area contributed by atoms with Crippen LogP contribution in [0, 0.1) is 12.3 Å². The highest BCUT2D eigenvalue weighted by Crippen LogP contribution is 2.62. The third-order valence-electron chi connectivity index (χ3n) is 8.57. The van der Waals surface area contributed by atoms with E-state index in [2.05, 4.69) is 31.3 Å². The summed E-state index contributed by atoms with van der Waals surface area (Å²) in [5.41, 5.74) is 1.54. The predicted molar refractivity (Wildman–Crippen MR) is 149 cm³/mol. The molecule has 3 aliphatic rings. The summed E-state index contributed by atoms with van der Waals surface area (Å²) in [6.07, 6.45) is 5.21. The standard InChI is InChI=1S/C29H34BrN5O5/c1-17-7-8-26(30)32-20(17)13-24(38)23-14-29-10-9-19(37)6-4-3-5-11-31-28(40)22-12-21(18(2)36)33-34(22)16-27(39)35(23)25(29)15-29/h7-8,12,23,25H,3-6,9-11,13-16H2,1-2H3,(H,31,40)/t23-,25+,29-/m0/s1. The van der Waals surface area contributed by atoms with Crippen molar-refractivity contribution < 1.29 is 24.0 Å². The number of Topliss-reactive ketones (excluding diaryl/α,β-unsaturated/α-hetero) is 3. The average Bonchev–Trinajstić information content (AvgIpc) is 3.26. The number of ketones is 3. The molecule has 2 bridgehead atoms. The number of nitrogens with zero attached hydrogens (tertiary/aromatic N) is 4. The van der Waals surface area contributed by atoms with Gasteiger partial charge in [0.2, 0.25) is 5.91 Å². The van der Waals surface area contributed by atoms with Crippen molar-refractivity contribution in [2.45, 2.75) is 90.3 Å². The Morgan fingerprint density at radius 2 is 1.93 bits per heavy atom. The van der Waals surface area contributed by atoms with Gasteiger partial charge < -0.3 is 10.2 Å². The van der Waals surface area contributed by atoms with E-state index in [1.165, 1.54) is 17.7 Å². The first-order valence-corrected chi connectivity index (χ1v) is 14.7. The molecular formula is C29H34BrN5O5. The number of fused-ring (bicyclic) bond motifs is 1. The Kier molecular flexibility index (Phi) is 8.03. The summed E-state index contributed by atoms with van der Waals surface area (Å²) in [6, 6.07) is 4.33. The number of halogens is 1. The first-order valence-electron chi connectivity index (χ1n) is 13.9. The molecule has 11 heteroatoms. The van der Waals surface area contributed by atoms with Crippen molar-refractivity contribution in [3.63, 3.8) is 0 Å². The van der Waals surface area contributed by atoms with Gasteiger partial charge in [0, 0.05) is 38.4 Å². The van der Waals surface area contributed by atoms with E-state index < -0.39 is 11.9 Å². The van der Waals surface area contributed by atoms with Crippen LogP contribution >= 0.6 is 15.9 Å². The molecule has 2 fully saturated rings. The van der Waals surface area contributed by atoms with Crippen LogP contribution in [0.25, 0.3) is 0 Å². The van der Waals surface area contributed by atoms with Gasteiger partial charge in [0.05, 0.1) is 18.2 Å². The van der Waals surface area contributed by atoms with Gasteiger partial charge >= 0.3 is 0 Å². The lowest BCUT2D eigenvalue weighted by Gasteiger charge is -2.27. The predicted octanol–water partition coefficient (Wildman–Crippen LogP) is 3.38. The van der Waals surface area contributed by atoms with Gasteiger partial charge in [0.25, 0.3) is 5.91 Å². The van der Waals surface area contributed by atoms with Crippen molar-refractivity contribution in [2.75, 3.05) is 6.54 Å². The Bertz CT molecular complexity index is 1390. The third kappa shape index (κ3) is 5.80. The number of aromatic nitrogens is 3. The highest BCUT2D eigenvalue weighted by molar-refractivity contribution is 9.10. The summed E-state index contributed by atoms with van der Waals surface area (Å²) in [7, 11) is 0. The number of rotatable bonds is 4. The average molecular weight is 613 g/mol. The van der Waals surface area contributed by atoms with Crippen LogP contribution in [-0.2, 0) is 27.3 Å². The molecule has 1 aliphatic carbocycles. The van der Waals surface area contributed by atoms with Gasteiger partial charge in [-0.2, -0.15) is 5.10 Å². The van der Waals surface area contributed by atoms with Crippen molar-refractivity contribution >= 4 is 45.1 Å². The van der Waals surface area contributed by atoms with Crippen LogP contribution in [0.3, 0.4) is 0 Å². The Balaban J connectivity index is 1.45. The summed E-state index contributed by atoms with van der Waals surface area (Å²) in [4.78, 5) is 71.4. The van der Waals surface area contributed by atoms with Crippen molar-refractivity contribution in [3.8, 4) is 0 Å². The highest BCUT2D eigenvalue weighted by atomic mass is 79.9. The molecule has 2 amide bonds. The maximum Gasteiger partial charge on any atom is 0.269 e. The number of carbonyl (C=O) groups excluding carboxylic acids is 5. The van der Waals surface area contributed by atoms with E-state index in [9.17, 15) is 24.0 Å². The number of carbonyl (C=O) groups is 5. The first kappa shape index (κ1) is 28.3.